The Hall–Kier alpha value is -0.860. The van der Waals surface area contributed by atoms with Crippen molar-refractivity contribution in [3.8, 4) is 0 Å². The number of rotatable bonds is 8. The average Bonchev–Trinajstić information content (AvgIpc) is 2.41. The molecule has 2 heteroatoms. The molecule has 1 aromatic rings. The first-order chi connectivity index (χ1) is 9.11. The van der Waals surface area contributed by atoms with Gasteiger partial charge in [0.25, 0.3) is 0 Å². The van der Waals surface area contributed by atoms with Crippen LogP contribution in [-0.2, 0) is 6.54 Å². The molecule has 0 atom stereocenters. The van der Waals surface area contributed by atoms with Gasteiger partial charge in [0.05, 0.1) is 0 Å². The summed E-state index contributed by atoms with van der Waals surface area (Å²) in [5, 5.41) is 0. The molecule has 0 amide bonds. The first-order valence-electron chi connectivity index (χ1n) is 7.62. The van der Waals surface area contributed by atoms with Crippen LogP contribution in [0.1, 0.15) is 51.2 Å². The minimum Gasteiger partial charge on any atom is -0.329 e. The minimum atomic E-state index is 0.153. The predicted octanol–water partition coefficient (Wildman–Crippen LogP) is 3.72. The second-order valence-corrected chi connectivity index (χ2v) is 5.55. The molecule has 108 valence electrons. The molecular formula is C17H30N2. The van der Waals surface area contributed by atoms with E-state index in [-0.39, 0.29) is 5.54 Å². The number of benzene rings is 1. The molecular weight excluding hydrogens is 232 g/mol. The van der Waals surface area contributed by atoms with E-state index in [1.807, 2.05) is 0 Å². The van der Waals surface area contributed by atoms with Crippen molar-refractivity contribution in [1.82, 2.24) is 4.90 Å². The Morgan fingerprint density at radius 1 is 1.16 bits per heavy atom. The van der Waals surface area contributed by atoms with Crippen LogP contribution in [0.4, 0.5) is 0 Å². The highest BCUT2D eigenvalue weighted by atomic mass is 15.2. The van der Waals surface area contributed by atoms with Gasteiger partial charge in [0, 0.05) is 18.6 Å². The van der Waals surface area contributed by atoms with E-state index in [1.54, 1.807) is 0 Å². The van der Waals surface area contributed by atoms with E-state index in [1.165, 1.54) is 17.5 Å². The SMILES string of the molecule is CCCN(Cc1cccc(C)c1)C(CC)(CC)CN. The highest BCUT2D eigenvalue weighted by Gasteiger charge is 2.31. The van der Waals surface area contributed by atoms with Crippen molar-refractivity contribution in [2.45, 2.75) is 59.0 Å². The van der Waals surface area contributed by atoms with Crippen molar-refractivity contribution in [1.29, 1.82) is 0 Å². The fraction of sp³-hybridized carbons (Fsp3) is 0.647. The summed E-state index contributed by atoms with van der Waals surface area (Å²) in [6.45, 7) is 11.8. The zero-order valence-corrected chi connectivity index (χ0v) is 13.1. The minimum absolute atomic E-state index is 0.153. The van der Waals surface area contributed by atoms with Crippen LogP contribution in [0.15, 0.2) is 24.3 Å². The van der Waals surface area contributed by atoms with Gasteiger partial charge in [-0.1, -0.05) is 50.6 Å². The van der Waals surface area contributed by atoms with Crippen molar-refractivity contribution in [2.75, 3.05) is 13.1 Å². The van der Waals surface area contributed by atoms with E-state index in [0.29, 0.717) is 0 Å². The van der Waals surface area contributed by atoms with E-state index >= 15 is 0 Å². The number of nitrogens with two attached hydrogens (primary N) is 1. The van der Waals surface area contributed by atoms with E-state index in [4.69, 9.17) is 5.73 Å². The van der Waals surface area contributed by atoms with Crippen LogP contribution in [0.2, 0.25) is 0 Å². The van der Waals surface area contributed by atoms with Crippen molar-refractivity contribution >= 4 is 0 Å². The summed E-state index contributed by atoms with van der Waals surface area (Å²) in [4.78, 5) is 2.59. The third-order valence-electron chi connectivity index (χ3n) is 4.32. The van der Waals surface area contributed by atoms with Crippen LogP contribution in [0.5, 0.6) is 0 Å². The maximum atomic E-state index is 6.10. The molecule has 0 unspecified atom stereocenters. The zero-order valence-electron chi connectivity index (χ0n) is 13.1. The Morgan fingerprint density at radius 3 is 2.32 bits per heavy atom. The van der Waals surface area contributed by atoms with Crippen LogP contribution < -0.4 is 5.73 Å². The summed E-state index contributed by atoms with van der Waals surface area (Å²) in [7, 11) is 0. The normalized spacial score (nSPS) is 12.1. The highest BCUT2D eigenvalue weighted by Crippen LogP contribution is 2.25. The molecule has 1 rings (SSSR count). The standard InChI is InChI=1S/C17H30N2/c1-5-11-19(17(6-2,7-3)14-18)13-16-10-8-9-15(4)12-16/h8-10,12H,5-7,11,13-14,18H2,1-4H3. The zero-order chi connectivity index (χ0) is 14.3. The van der Waals surface area contributed by atoms with Gasteiger partial charge < -0.3 is 5.73 Å². The molecule has 0 aliphatic heterocycles. The average molecular weight is 262 g/mol. The van der Waals surface area contributed by atoms with E-state index in [0.717, 1.165) is 32.5 Å². The fourth-order valence-electron chi connectivity index (χ4n) is 2.90. The van der Waals surface area contributed by atoms with Gasteiger partial charge in [0.1, 0.15) is 0 Å². The van der Waals surface area contributed by atoms with E-state index in [9.17, 15) is 0 Å². The number of nitrogens with zero attached hydrogens (tertiary/aromatic N) is 1. The summed E-state index contributed by atoms with van der Waals surface area (Å²) in [5.41, 5.74) is 8.98. The Morgan fingerprint density at radius 2 is 1.84 bits per heavy atom. The fourth-order valence-corrected chi connectivity index (χ4v) is 2.90. The Balaban J connectivity index is 2.93. The maximum Gasteiger partial charge on any atom is 0.0330 e. The van der Waals surface area contributed by atoms with Gasteiger partial charge in [-0.2, -0.15) is 0 Å². The summed E-state index contributed by atoms with van der Waals surface area (Å²) in [5.74, 6) is 0. The van der Waals surface area contributed by atoms with Crippen LogP contribution in [0.3, 0.4) is 0 Å². The lowest BCUT2D eigenvalue weighted by atomic mass is 9.89. The highest BCUT2D eigenvalue weighted by molar-refractivity contribution is 5.22. The summed E-state index contributed by atoms with van der Waals surface area (Å²) < 4.78 is 0. The summed E-state index contributed by atoms with van der Waals surface area (Å²) >= 11 is 0. The van der Waals surface area contributed by atoms with Crippen LogP contribution in [-0.4, -0.2) is 23.5 Å². The second-order valence-electron chi connectivity index (χ2n) is 5.55. The molecule has 0 heterocycles. The molecule has 0 aliphatic carbocycles. The summed E-state index contributed by atoms with van der Waals surface area (Å²) in [6.07, 6.45) is 3.41. The van der Waals surface area contributed by atoms with Crippen molar-refractivity contribution < 1.29 is 0 Å². The molecule has 0 radical (unpaired) electrons. The molecule has 2 N–H and O–H groups in total. The maximum absolute atomic E-state index is 6.10. The predicted molar refractivity (Wildman–Crippen MR) is 84.2 cm³/mol. The molecule has 1 aromatic carbocycles. The van der Waals surface area contributed by atoms with Gasteiger partial charge in [0.15, 0.2) is 0 Å². The molecule has 0 aromatic heterocycles. The van der Waals surface area contributed by atoms with Crippen LogP contribution >= 0.6 is 0 Å². The molecule has 2 nitrogen and oxygen atoms in total. The first kappa shape index (κ1) is 16.2. The Kier molecular flexibility index (Phi) is 6.53. The second kappa shape index (κ2) is 7.66. The number of aryl methyl sites for hydroxylation is 1. The van der Waals surface area contributed by atoms with Crippen LogP contribution in [0.25, 0.3) is 0 Å². The largest absolute Gasteiger partial charge is 0.329 e. The molecule has 0 fully saturated rings. The van der Waals surface area contributed by atoms with Crippen molar-refractivity contribution in [2.24, 2.45) is 5.73 Å². The lowest BCUT2D eigenvalue weighted by Crippen LogP contribution is -2.53. The van der Waals surface area contributed by atoms with Gasteiger partial charge in [-0.15, -0.1) is 0 Å². The Labute approximate surface area is 119 Å². The molecule has 0 saturated heterocycles. The number of hydrogen-bond acceptors (Lipinski definition) is 2. The van der Waals surface area contributed by atoms with Gasteiger partial charge in [-0.3, -0.25) is 4.90 Å². The van der Waals surface area contributed by atoms with Gasteiger partial charge in [-0.25, -0.2) is 0 Å². The Bertz CT molecular complexity index is 361. The number of hydrogen-bond donors (Lipinski definition) is 1. The summed E-state index contributed by atoms with van der Waals surface area (Å²) in [6, 6.07) is 8.82. The monoisotopic (exact) mass is 262 g/mol. The van der Waals surface area contributed by atoms with Gasteiger partial charge >= 0.3 is 0 Å². The van der Waals surface area contributed by atoms with Crippen molar-refractivity contribution in [3.05, 3.63) is 35.4 Å². The third kappa shape index (κ3) is 4.05. The van der Waals surface area contributed by atoms with E-state index in [2.05, 4.69) is 56.9 Å². The van der Waals surface area contributed by atoms with Gasteiger partial charge in [-0.05, 0) is 38.3 Å². The molecule has 0 aliphatic rings. The smallest absolute Gasteiger partial charge is 0.0330 e. The third-order valence-corrected chi connectivity index (χ3v) is 4.32. The molecule has 0 spiro atoms. The molecule has 0 saturated carbocycles. The topological polar surface area (TPSA) is 29.3 Å². The lowest BCUT2D eigenvalue weighted by molar-refractivity contribution is 0.0766. The molecule has 19 heavy (non-hydrogen) atoms. The van der Waals surface area contributed by atoms with E-state index < -0.39 is 0 Å². The lowest BCUT2D eigenvalue weighted by Gasteiger charge is -2.42. The quantitative estimate of drug-likeness (QED) is 0.773. The molecule has 0 bridgehead atoms. The first-order valence-corrected chi connectivity index (χ1v) is 7.62. The van der Waals surface area contributed by atoms with Crippen LogP contribution in [0, 0.1) is 6.92 Å². The van der Waals surface area contributed by atoms with Gasteiger partial charge in [0.2, 0.25) is 0 Å². The van der Waals surface area contributed by atoms with Crippen molar-refractivity contribution in [3.63, 3.8) is 0 Å².